The van der Waals surface area contributed by atoms with Gasteiger partial charge in [0.1, 0.15) is 17.5 Å². The van der Waals surface area contributed by atoms with Gasteiger partial charge in [0.15, 0.2) is 0 Å². The van der Waals surface area contributed by atoms with Crippen LogP contribution < -0.4 is 0 Å². The van der Waals surface area contributed by atoms with Crippen molar-refractivity contribution in [2.45, 2.75) is 76.4 Å². The first-order valence-corrected chi connectivity index (χ1v) is 9.36. The van der Waals surface area contributed by atoms with Crippen LogP contribution in [0.1, 0.15) is 65.2 Å². The van der Waals surface area contributed by atoms with Crippen LogP contribution >= 0.6 is 0 Å². The Kier molecular flexibility index (Phi) is 2.51. The van der Waals surface area contributed by atoms with Gasteiger partial charge in [0.2, 0.25) is 0 Å². The lowest BCUT2D eigenvalue weighted by Gasteiger charge is -2.60. The van der Waals surface area contributed by atoms with Gasteiger partial charge >= 0.3 is 0 Å². The molecule has 1 heterocycles. The molecule has 2 spiro atoms. The number of hydrogen-bond acceptors (Lipinski definition) is 3. The SMILES string of the molecule is C[C@@]12CCC[C@@](C)(C=O)[C@H]1CC[C@]13C[C@@]4(O)CO[C@@]4(CC=C12)C3. The molecule has 2 bridgehead atoms. The van der Waals surface area contributed by atoms with Gasteiger partial charge in [-0.2, -0.15) is 0 Å². The Bertz CT molecular complexity index is 622. The molecular formula is C20H28O3. The minimum Gasteiger partial charge on any atom is -0.384 e. The molecule has 5 aliphatic rings. The smallest absolute Gasteiger partial charge is 0.126 e. The molecule has 1 saturated heterocycles. The summed E-state index contributed by atoms with van der Waals surface area (Å²) in [5.41, 5.74) is 0.782. The van der Waals surface area contributed by atoms with Gasteiger partial charge in [-0.3, -0.25) is 0 Å². The van der Waals surface area contributed by atoms with Crippen LogP contribution in [0.5, 0.6) is 0 Å². The molecule has 0 aromatic carbocycles. The number of rotatable bonds is 1. The van der Waals surface area contributed by atoms with Crippen molar-refractivity contribution in [1.29, 1.82) is 0 Å². The summed E-state index contributed by atoms with van der Waals surface area (Å²) >= 11 is 0. The number of hydrogen-bond donors (Lipinski definition) is 1. The molecule has 1 aliphatic heterocycles. The summed E-state index contributed by atoms with van der Waals surface area (Å²) in [6.07, 6.45) is 12.0. The summed E-state index contributed by atoms with van der Waals surface area (Å²) in [6, 6.07) is 0. The molecule has 3 heteroatoms. The summed E-state index contributed by atoms with van der Waals surface area (Å²) in [7, 11) is 0. The topological polar surface area (TPSA) is 46.5 Å². The van der Waals surface area contributed by atoms with E-state index in [9.17, 15) is 9.90 Å². The fourth-order valence-corrected chi connectivity index (χ4v) is 7.63. The Morgan fingerprint density at radius 1 is 1.26 bits per heavy atom. The maximum Gasteiger partial charge on any atom is 0.126 e. The average molecular weight is 316 g/mol. The van der Waals surface area contributed by atoms with Crippen LogP contribution in [0.15, 0.2) is 11.6 Å². The van der Waals surface area contributed by atoms with E-state index in [-0.39, 0.29) is 21.8 Å². The third-order valence-corrected chi connectivity index (χ3v) is 8.67. The molecule has 4 aliphatic carbocycles. The minimum absolute atomic E-state index is 0.133. The Hall–Kier alpha value is -0.670. The van der Waals surface area contributed by atoms with Crippen molar-refractivity contribution < 1.29 is 14.6 Å². The minimum atomic E-state index is -0.600. The largest absolute Gasteiger partial charge is 0.384 e. The Balaban J connectivity index is 1.61. The second-order valence-electron chi connectivity index (χ2n) is 9.76. The predicted molar refractivity (Wildman–Crippen MR) is 86.9 cm³/mol. The lowest BCUT2D eigenvalue weighted by Crippen LogP contribution is -2.65. The van der Waals surface area contributed by atoms with Gasteiger partial charge < -0.3 is 14.6 Å². The fourth-order valence-electron chi connectivity index (χ4n) is 7.63. The van der Waals surface area contributed by atoms with Gasteiger partial charge in [0, 0.05) is 5.41 Å². The van der Waals surface area contributed by atoms with E-state index in [1.165, 1.54) is 12.7 Å². The third kappa shape index (κ3) is 1.44. The van der Waals surface area contributed by atoms with Gasteiger partial charge in [-0.25, -0.2) is 0 Å². The van der Waals surface area contributed by atoms with Gasteiger partial charge in [-0.05, 0) is 61.7 Å². The highest BCUT2D eigenvalue weighted by Crippen LogP contribution is 2.74. The van der Waals surface area contributed by atoms with E-state index < -0.39 is 5.60 Å². The van der Waals surface area contributed by atoms with E-state index in [1.54, 1.807) is 5.57 Å². The molecule has 3 nitrogen and oxygen atoms in total. The molecule has 0 aromatic rings. The molecule has 1 N–H and O–H groups in total. The van der Waals surface area contributed by atoms with Crippen LogP contribution in [-0.2, 0) is 9.53 Å². The molecule has 126 valence electrons. The fraction of sp³-hybridized carbons (Fsp3) is 0.850. The van der Waals surface area contributed by atoms with Crippen molar-refractivity contribution >= 4 is 6.29 Å². The summed E-state index contributed by atoms with van der Waals surface area (Å²) in [5, 5.41) is 11.1. The van der Waals surface area contributed by atoms with E-state index in [4.69, 9.17) is 4.74 Å². The lowest BCUT2D eigenvalue weighted by molar-refractivity contribution is -0.286. The van der Waals surface area contributed by atoms with Crippen molar-refractivity contribution in [3.8, 4) is 0 Å². The van der Waals surface area contributed by atoms with Crippen LogP contribution in [0.25, 0.3) is 0 Å². The summed E-state index contributed by atoms with van der Waals surface area (Å²) in [5.74, 6) is 0.459. The molecule has 0 unspecified atom stereocenters. The number of carbonyl (C=O) groups is 1. The number of fused-ring (bicyclic) bond motifs is 2. The maximum atomic E-state index is 11.9. The first-order chi connectivity index (χ1) is 10.8. The molecule has 4 fully saturated rings. The van der Waals surface area contributed by atoms with Crippen molar-refractivity contribution in [2.75, 3.05) is 6.61 Å². The van der Waals surface area contributed by atoms with E-state index in [2.05, 4.69) is 19.9 Å². The van der Waals surface area contributed by atoms with Crippen LogP contribution in [0, 0.1) is 22.2 Å². The number of allylic oxidation sites excluding steroid dienone is 1. The summed E-state index contributed by atoms with van der Waals surface area (Å²) in [4.78, 5) is 11.9. The van der Waals surface area contributed by atoms with Gasteiger partial charge in [-0.15, -0.1) is 0 Å². The van der Waals surface area contributed by atoms with Crippen LogP contribution in [0.4, 0.5) is 0 Å². The van der Waals surface area contributed by atoms with Gasteiger partial charge in [0.05, 0.1) is 6.61 Å². The predicted octanol–water partition coefficient (Wildman–Crippen LogP) is 3.40. The third-order valence-electron chi connectivity index (χ3n) is 8.67. The summed E-state index contributed by atoms with van der Waals surface area (Å²) < 4.78 is 5.94. The highest BCUT2D eigenvalue weighted by atomic mass is 16.6. The van der Waals surface area contributed by atoms with Crippen LogP contribution in [0.3, 0.4) is 0 Å². The number of aldehydes is 1. The first kappa shape index (κ1) is 14.7. The zero-order chi connectivity index (χ0) is 16.1. The molecule has 3 saturated carbocycles. The van der Waals surface area contributed by atoms with Crippen molar-refractivity contribution in [2.24, 2.45) is 22.2 Å². The van der Waals surface area contributed by atoms with E-state index in [0.29, 0.717) is 12.5 Å². The lowest BCUT2D eigenvalue weighted by atomic mass is 9.44. The van der Waals surface area contributed by atoms with E-state index in [0.717, 1.165) is 44.9 Å². The van der Waals surface area contributed by atoms with E-state index >= 15 is 0 Å². The van der Waals surface area contributed by atoms with E-state index in [1.807, 2.05) is 0 Å². The number of aliphatic hydroxyl groups is 1. The zero-order valence-electron chi connectivity index (χ0n) is 14.4. The Morgan fingerprint density at radius 2 is 2.09 bits per heavy atom. The Labute approximate surface area is 138 Å². The highest BCUT2D eigenvalue weighted by Gasteiger charge is 2.74. The maximum absolute atomic E-state index is 11.9. The molecule has 6 atom stereocenters. The van der Waals surface area contributed by atoms with Crippen LogP contribution in [-0.4, -0.2) is 29.2 Å². The molecule has 0 aromatic heterocycles. The van der Waals surface area contributed by atoms with Gasteiger partial charge in [0.25, 0.3) is 0 Å². The number of carbonyl (C=O) groups excluding carboxylic acids is 1. The highest BCUT2D eigenvalue weighted by molar-refractivity contribution is 5.61. The second-order valence-corrected chi connectivity index (χ2v) is 9.76. The Morgan fingerprint density at radius 3 is 2.78 bits per heavy atom. The molecular weight excluding hydrogens is 288 g/mol. The molecule has 0 radical (unpaired) electrons. The molecule has 0 amide bonds. The van der Waals surface area contributed by atoms with Crippen molar-refractivity contribution in [3.63, 3.8) is 0 Å². The normalized spacial score (nSPS) is 60.0. The molecule has 23 heavy (non-hydrogen) atoms. The zero-order valence-corrected chi connectivity index (χ0v) is 14.4. The number of ether oxygens (including phenoxy) is 1. The second kappa shape index (κ2) is 3.94. The van der Waals surface area contributed by atoms with Crippen LogP contribution in [0.2, 0.25) is 0 Å². The average Bonchev–Trinajstić information content (AvgIpc) is 2.63. The quantitative estimate of drug-likeness (QED) is 0.596. The molecule has 5 rings (SSSR count). The standard InChI is InChI=1S/C20H28O3/c1-16(12-21)6-3-7-17(2)14(16)4-8-18-10-19(22)13-23-20(19,11-18)9-5-15(17)18/h5,12,14,22H,3-4,6-11,13H2,1-2H3/t14-,16+,17-,18-,19-,20+/m1/s1. The summed E-state index contributed by atoms with van der Waals surface area (Å²) in [6.45, 7) is 5.11. The van der Waals surface area contributed by atoms with Gasteiger partial charge in [-0.1, -0.05) is 31.9 Å². The van der Waals surface area contributed by atoms with Crippen molar-refractivity contribution in [1.82, 2.24) is 0 Å². The monoisotopic (exact) mass is 316 g/mol. The van der Waals surface area contributed by atoms with Crippen molar-refractivity contribution in [3.05, 3.63) is 11.6 Å². The first-order valence-electron chi connectivity index (χ1n) is 9.36.